The maximum absolute atomic E-state index is 5.98. The van der Waals surface area contributed by atoms with Crippen LogP contribution in [0.2, 0.25) is 5.02 Å². The van der Waals surface area contributed by atoms with E-state index in [0.29, 0.717) is 27.7 Å². The van der Waals surface area contributed by atoms with Gasteiger partial charge in [0.25, 0.3) is 0 Å². The largest absolute Gasteiger partial charge is 0.436 e. The Hall–Kier alpha value is -1.52. The molecule has 0 saturated heterocycles. The van der Waals surface area contributed by atoms with Gasteiger partial charge in [-0.05, 0) is 46.3 Å². The van der Waals surface area contributed by atoms with Crippen LogP contribution in [0.3, 0.4) is 0 Å². The van der Waals surface area contributed by atoms with Crippen molar-refractivity contribution in [1.82, 2.24) is 4.98 Å². The molecule has 90 valence electrons. The number of benzene rings is 2. The number of nitrogen functional groups attached to an aromatic ring is 1. The molecule has 0 saturated carbocycles. The molecule has 0 spiro atoms. The molecule has 5 heteroatoms. The van der Waals surface area contributed by atoms with E-state index in [1.165, 1.54) is 0 Å². The Morgan fingerprint density at radius 3 is 2.83 bits per heavy atom. The van der Waals surface area contributed by atoms with Gasteiger partial charge in [0.1, 0.15) is 5.52 Å². The molecule has 2 aromatic carbocycles. The topological polar surface area (TPSA) is 52.0 Å². The van der Waals surface area contributed by atoms with Crippen LogP contribution in [0.4, 0.5) is 5.69 Å². The quantitative estimate of drug-likeness (QED) is 0.671. The number of aromatic nitrogens is 1. The zero-order valence-corrected chi connectivity index (χ0v) is 11.5. The molecule has 0 bridgehead atoms. The fourth-order valence-corrected chi connectivity index (χ4v) is 2.33. The number of halogens is 2. The molecule has 1 aromatic heterocycles. The summed E-state index contributed by atoms with van der Waals surface area (Å²) >= 11 is 9.43. The first-order valence-electron chi connectivity index (χ1n) is 5.25. The average Bonchev–Trinajstić information content (AvgIpc) is 2.77. The summed E-state index contributed by atoms with van der Waals surface area (Å²) in [5.74, 6) is 0.497. The fourth-order valence-electron chi connectivity index (χ4n) is 1.75. The van der Waals surface area contributed by atoms with E-state index >= 15 is 0 Å². The number of oxazole rings is 1. The van der Waals surface area contributed by atoms with Crippen LogP contribution in [0, 0.1) is 0 Å². The van der Waals surface area contributed by atoms with Crippen molar-refractivity contribution in [2.24, 2.45) is 0 Å². The minimum atomic E-state index is 0.497. The molecule has 0 amide bonds. The monoisotopic (exact) mass is 322 g/mol. The van der Waals surface area contributed by atoms with Crippen LogP contribution in [-0.2, 0) is 0 Å². The minimum Gasteiger partial charge on any atom is -0.436 e. The van der Waals surface area contributed by atoms with Gasteiger partial charge in [0.15, 0.2) is 5.58 Å². The van der Waals surface area contributed by atoms with E-state index in [4.69, 9.17) is 21.8 Å². The highest BCUT2D eigenvalue weighted by molar-refractivity contribution is 9.10. The molecule has 0 radical (unpaired) electrons. The lowest BCUT2D eigenvalue weighted by atomic mass is 10.2. The number of rotatable bonds is 1. The Bertz CT molecular complexity index is 739. The summed E-state index contributed by atoms with van der Waals surface area (Å²) in [4.78, 5) is 4.40. The third-order valence-corrected chi connectivity index (χ3v) is 3.54. The van der Waals surface area contributed by atoms with E-state index < -0.39 is 0 Å². The Balaban J connectivity index is 2.26. The second-order valence-electron chi connectivity index (χ2n) is 3.84. The maximum Gasteiger partial charge on any atom is 0.228 e. The molecular weight excluding hydrogens is 316 g/mol. The van der Waals surface area contributed by atoms with Gasteiger partial charge in [0.2, 0.25) is 5.89 Å². The molecule has 3 aromatic rings. The van der Waals surface area contributed by atoms with E-state index in [0.717, 1.165) is 10.0 Å². The first kappa shape index (κ1) is 11.6. The van der Waals surface area contributed by atoms with Crippen molar-refractivity contribution in [2.75, 3.05) is 5.73 Å². The summed E-state index contributed by atoms with van der Waals surface area (Å²) in [5, 5.41) is 0.628. The highest BCUT2D eigenvalue weighted by Gasteiger charge is 2.13. The highest BCUT2D eigenvalue weighted by Crippen LogP contribution is 2.33. The zero-order valence-electron chi connectivity index (χ0n) is 9.15. The van der Waals surface area contributed by atoms with Crippen molar-refractivity contribution in [3.8, 4) is 11.5 Å². The predicted octanol–water partition coefficient (Wildman–Crippen LogP) is 4.49. The van der Waals surface area contributed by atoms with Crippen LogP contribution >= 0.6 is 27.5 Å². The molecule has 18 heavy (non-hydrogen) atoms. The van der Waals surface area contributed by atoms with E-state index in [1.54, 1.807) is 18.2 Å². The summed E-state index contributed by atoms with van der Waals surface area (Å²) in [6, 6.07) is 10.9. The number of para-hydroxylation sites is 1. The second-order valence-corrected chi connectivity index (χ2v) is 5.13. The van der Waals surface area contributed by atoms with Crippen LogP contribution in [0.1, 0.15) is 0 Å². The standard InChI is InChI=1S/C13H8BrClN2O/c14-9-5-4-7(15)6-8(9)13-17-12-10(16)2-1-3-11(12)18-13/h1-6H,16H2. The number of anilines is 1. The van der Waals surface area contributed by atoms with Crippen molar-refractivity contribution in [3.63, 3.8) is 0 Å². The number of hydrogen-bond donors (Lipinski definition) is 1. The lowest BCUT2D eigenvalue weighted by Gasteiger charge is -1.99. The molecule has 2 N–H and O–H groups in total. The third kappa shape index (κ3) is 1.87. The molecule has 1 heterocycles. The van der Waals surface area contributed by atoms with Crippen molar-refractivity contribution in [3.05, 3.63) is 45.9 Å². The van der Waals surface area contributed by atoms with Gasteiger partial charge in [-0.2, -0.15) is 0 Å². The number of nitrogens with two attached hydrogens (primary N) is 1. The smallest absolute Gasteiger partial charge is 0.228 e. The van der Waals surface area contributed by atoms with Crippen LogP contribution in [-0.4, -0.2) is 4.98 Å². The summed E-state index contributed by atoms with van der Waals surface area (Å²) in [5.41, 5.74) is 8.59. The summed E-state index contributed by atoms with van der Waals surface area (Å²) in [6.45, 7) is 0. The minimum absolute atomic E-state index is 0.497. The molecule has 0 aliphatic carbocycles. The number of hydrogen-bond acceptors (Lipinski definition) is 3. The van der Waals surface area contributed by atoms with Gasteiger partial charge < -0.3 is 10.2 Å². The van der Waals surface area contributed by atoms with Gasteiger partial charge in [-0.3, -0.25) is 0 Å². The van der Waals surface area contributed by atoms with Crippen molar-refractivity contribution >= 4 is 44.3 Å². The molecule has 0 aliphatic rings. The molecule has 0 unspecified atom stereocenters. The fraction of sp³-hybridized carbons (Fsp3) is 0. The Labute approximate surface area is 117 Å². The Morgan fingerprint density at radius 1 is 1.22 bits per heavy atom. The molecule has 3 rings (SSSR count). The van der Waals surface area contributed by atoms with Crippen LogP contribution < -0.4 is 5.73 Å². The van der Waals surface area contributed by atoms with Crippen LogP contribution in [0.15, 0.2) is 45.3 Å². The molecule has 0 fully saturated rings. The molecular formula is C13H8BrClN2O. The predicted molar refractivity (Wildman–Crippen MR) is 76.6 cm³/mol. The normalized spacial score (nSPS) is 11.0. The lowest BCUT2D eigenvalue weighted by molar-refractivity contribution is 0.619. The van der Waals surface area contributed by atoms with E-state index in [1.807, 2.05) is 18.2 Å². The van der Waals surface area contributed by atoms with Gasteiger partial charge in [0.05, 0.1) is 11.3 Å². The first-order chi connectivity index (χ1) is 8.65. The van der Waals surface area contributed by atoms with Gasteiger partial charge in [-0.25, -0.2) is 4.98 Å². The van der Waals surface area contributed by atoms with Gasteiger partial charge in [-0.1, -0.05) is 17.7 Å². The third-order valence-electron chi connectivity index (χ3n) is 2.61. The van der Waals surface area contributed by atoms with E-state index in [9.17, 15) is 0 Å². The summed E-state index contributed by atoms with van der Waals surface area (Å²) < 4.78 is 6.56. The van der Waals surface area contributed by atoms with Crippen molar-refractivity contribution < 1.29 is 4.42 Å². The van der Waals surface area contributed by atoms with Gasteiger partial charge in [-0.15, -0.1) is 0 Å². The molecule has 0 atom stereocenters. The van der Waals surface area contributed by atoms with Crippen LogP contribution in [0.25, 0.3) is 22.6 Å². The highest BCUT2D eigenvalue weighted by atomic mass is 79.9. The van der Waals surface area contributed by atoms with Crippen molar-refractivity contribution in [2.45, 2.75) is 0 Å². The summed E-state index contributed by atoms with van der Waals surface area (Å²) in [7, 11) is 0. The van der Waals surface area contributed by atoms with E-state index in [-0.39, 0.29) is 0 Å². The average molecular weight is 324 g/mol. The second kappa shape index (κ2) is 4.30. The Morgan fingerprint density at radius 2 is 2.06 bits per heavy atom. The SMILES string of the molecule is Nc1cccc2oc(-c3cc(Cl)ccc3Br)nc12. The van der Waals surface area contributed by atoms with E-state index in [2.05, 4.69) is 20.9 Å². The van der Waals surface area contributed by atoms with Gasteiger partial charge in [0, 0.05) is 9.50 Å². The summed E-state index contributed by atoms with van der Waals surface area (Å²) in [6.07, 6.45) is 0. The zero-order chi connectivity index (χ0) is 12.7. The van der Waals surface area contributed by atoms with Gasteiger partial charge >= 0.3 is 0 Å². The Kier molecular flexibility index (Phi) is 2.76. The van der Waals surface area contributed by atoms with Crippen molar-refractivity contribution in [1.29, 1.82) is 0 Å². The number of fused-ring (bicyclic) bond motifs is 1. The molecule has 3 nitrogen and oxygen atoms in total. The first-order valence-corrected chi connectivity index (χ1v) is 6.43. The van der Waals surface area contributed by atoms with Crippen LogP contribution in [0.5, 0.6) is 0 Å². The maximum atomic E-state index is 5.98. The number of nitrogens with zero attached hydrogens (tertiary/aromatic N) is 1. The lowest BCUT2D eigenvalue weighted by Crippen LogP contribution is -1.85. The molecule has 0 aliphatic heterocycles.